The van der Waals surface area contributed by atoms with Crippen molar-refractivity contribution in [3.63, 3.8) is 0 Å². The monoisotopic (exact) mass is 254 g/mol. The average molecular weight is 254 g/mol. The van der Waals surface area contributed by atoms with Gasteiger partial charge in [0, 0.05) is 31.1 Å². The minimum atomic E-state index is -0.546. The SMILES string of the molecule is CSCCN(C)c1ccc([N+](=O)[O-])c(C=O)c1. The van der Waals surface area contributed by atoms with Crippen molar-refractivity contribution in [2.24, 2.45) is 0 Å². The summed E-state index contributed by atoms with van der Waals surface area (Å²) in [6.07, 6.45) is 2.53. The molecule has 0 aliphatic heterocycles. The van der Waals surface area contributed by atoms with Crippen LogP contribution < -0.4 is 4.90 Å². The van der Waals surface area contributed by atoms with Crippen LogP contribution in [0.3, 0.4) is 0 Å². The quantitative estimate of drug-likeness (QED) is 0.442. The summed E-state index contributed by atoms with van der Waals surface area (Å²) in [5, 5.41) is 10.7. The maximum atomic E-state index is 10.8. The smallest absolute Gasteiger partial charge is 0.280 e. The minimum absolute atomic E-state index is 0.114. The third kappa shape index (κ3) is 3.45. The lowest BCUT2D eigenvalue weighted by atomic mass is 10.1. The molecule has 0 unspecified atom stereocenters. The molecule has 17 heavy (non-hydrogen) atoms. The maximum absolute atomic E-state index is 10.8. The van der Waals surface area contributed by atoms with Crippen molar-refractivity contribution in [1.29, 1.82) is 0 Å². The summed E-state index contributed by atoms with van der Waals surface area (Å²) in [6, 6.07) is 4.57. The molecule has 0 aliphatic carbocycles. The fourth-order valence-corrected chi connectivity index (χ4v) is 1.85. The second-order valence-electron chi connectivity index (χ2n) is 3.53. The van der Waals surface area contributed by atoms with Gasteiger partial charge in [-0.2, -0.15) is 11.8 Å². The molecule has 0 amide bonds. The summed E-state index contributed by atoms with van der Waals surface area (Å²) in [6.45, 7) is 0.831. The van der Waals surface area contributed by atoms with Gasteiger partial charge in [-0.05, 0) is 18.4 Å². The summed E-state index contributed by atoms with van der Waals surface area (Å²) in [4.78, 5) is 22.9. The fourth-order valence-electron chi connectivity index (χ4n) is 1.40. The van der Waals surface area contributed by atoms with Crippen LogP contribution in [0.5, 0.6) is 0 Å². The second kappa shape index (κ2) is 6.24. The van der Waals surface area contributed by atoms with Gasteiger partial charge in [0.1, 0.15) is 0 Å². The Morgan fingerprint density at radius 2 is 2.24 bits per heavy atom. The van der Waals surface area contributed by atoms with E-state index in [2.05, 4.69) is 0 Å². The third-order valence-corrected chi connectivity index (χ3v) is 3.00. The highest BCUT2D eigenvalue weighted by molar-refractivity contribution is 7.98. The number of nitro groups is 1. The van der Waals surface area contributed by atoms with Crippen molar-refractivity contribution in [2.75, 3.05) is 30.5 Å². The van der Waals surface area contributed by atoms with Crippen LogP contribution in [0, 0.1) is 10.1 Å². The van der Waals surface area contributed by atoms with Gasteiger partial charge in [0.2, 0.25) is 0 Å². The van der Waals surface area contributed by atoms with E-state index >= 15 is 0 Å². The molecule has 0 spiro atoms. The van der Waals surface area contributed by atoms with Gasteiger partial charge in [0.05, 0.1) is 10.5 Å². The van der Waals surface area contributed by atoms with Crippen molar-refractivity contribution in [3.8, 4) is 0 Å². The predicted octanol–water partition coefficient (Wildman–Crippen LogP) is 2.21. The molecule has 5 nitrogen and oxygen atoms in total. The Kier molecular flexibility index (Phi) is 4.96. The average Bonchev–Trinajstić information content (AvgIpc) is 2.34. The topological polar surface area (TPSA) is 63.4 Å². The fraction of sp³-hybridized carbons (Fsp3) is 0.364. The number of carbonyl (C=O) groups excluding carboxylic acids is 1. The number of hydrogen-bond donors (Lipinski definition) is 0. The lowest BCUT2D eigenvalue weighted by Crippen LogP contribution is -2.20. The van der Waals surface area contributed by atoms with Gasteiger partial charge < -0.3 is 4.90 Å². The normalized spacial score (nSPS) is 10.0. The van der Waals surface area contributed by atoms with Crippen molar-refractivity contribution < 1.29 is 9.72 Å². The maximum Gasteiger partial charge on any atom is 0.280 e. The largest absolute Gasteiger partial charge is 0.374 e. The molecule has 1 rings (SSSR count). The van der Waals surface area contributed by atoms with Crippen LogP contribution in [0.2, 0.25) is 0 Å². The van der Waals surface area contributed by atoms with E-state index in [1.807, 2.05) is 18.2 Å². The van der Waals surface area contributed by atoms with Gasteiger partial charge in [0.15, 0.2) is 6.29 Å². The van der Waals surface area contributed by atoms with Crippen LogP contribution in [0.1, 0.15) is 10.4 Å². The van der Waals surface area contributed by atoms with Crippen molar-refractivity contribution >= 4 is 29.4 Å². The lowest BCUT2D eigenvalue weighted by Gasteiger charge is -2.18. The summed E-state index contributed by atoms with van der Waals surface area (Å²) in [7, 11) is 1.89. The number of thioether (sulfide) groups is 1. The molecular formula is C11H14N2O3S. The number of nitro benzene ring substituents is 1. The molecule has 0 atom stereocenters. The molecule has 0 saturated heterocycles. The first-order valence-electron chi connectivity index (χ1n) is 5.04. The molecule has 1 aromatic rings. The van der Waals surface area contributed by atoms with E-state index in [-0.39, 0.29) is 11.3 Å². The van der Waals surface area contributed by atoms with Crippen LogP contribution in [-0.4, -0.2) is 36.8 Å². The highest BCUT2D eigenvalue weighted by Crippen LogP contribution is 2.23. The van der Waals surface area contributed by atoms with Crippen molar-refractivity contribution in [2.45, 2.75) is 0 Å². The summed E-state index contributed by atoms with van der Waals surface area (Å²) in [5.41, 5.74) is 0.775. The number of benzene rings is 1. The predicted molar refractivity (Wildman–Crippen MR) is 70.1 cm³/mol. The number of hydrogen-bond acceptors (Lipinski definition) is 5. The van der Waals surface area contributed by atoms with Crippen LogP contribution in [-0.2, 0) is 0 Å². The Bertz CT molecular complexity index is 423. The molecule has 0 N–H and O–H groups in total. The van der Waals surface area contributed by atoms with Crippen LogP contribution >= 0.6 is 11.8 Å². The molecule has 0 heterocycles. The van der Waals surface area contributed by atoms with Crippen molar-refractivity contribution in [3.05, 3.63) is 33.9 Å². The van der Waals surface area contributed by atoms with Gasteiger partial charge in [0.25, 0.3) is 5.69 Å². The zero-order valence-electron chi connectivity index (χ0n) is 9.75. The van der Waals surface area contributed by atoms with Gasteiger partial charge in [-0.15, -0.1) is 0 Å². The number of rotatable bonds is 6. The Morgan fingerprint density at radius 1 is 1.53 bits per heavy atom. The van der Waals surface area contributed by atoms with Crippen molar-refractivity contribution in [1.82, 2.24) is 0 Å². The summed E-state index contributed by atoms with van der Waals surface area (Å²) in [5.74, 6) is 0.962. The third-order valence-electron chi connectivity index (χ3n) is 2.41. The Hall–Kier alpha value is -1.56. The molecule has 0 fully saturated rings. The Morgan fingerprint density at radius 3 is 2.76 bits per heavy atom. The molecular weight excluding hydrogens is 240 g/mol. The first kappa shape index (κ1) is 13.5. The zero-order valence-corrected chi connectivity index (χ0v) is 10.6. The van der Waals surface area contributed by atoms with E-state index in [4.69, 9.17) is 0 Å². The number of nitrogens with zero attached hydrogens (tertiary/aromatic N) is 2. The summed E-state index contributed by atoms with van der Waals surface area (Å²) < 4.78 is 0. The molecule has 0 bridgehead atoms. The molecule has 0 aromatic heterocycles. The Balaban J connectivity index is 2.96. The highest BCUT2D eigenvalue weighted by Gasteiger charge is 2.14. The number of carbonyl (C=O) groups is 1. The summed E-state index contributed by atoms with van der Waals surface area (Å²) >= 11 is 1.72. The van der Waals surface area contributed by atoms with Gasteiger partial charge >= 0.3 is 0 Å². The van der Waals surface area contributed by atoms with Crippen LogP contribution in [0.25, 0.3) is 0 Å². The Labute approximate surface area is 104 Å². The van der Waals surface area contributed by atoms with E-state index in [0.717, 1.165) is 18.0 Å². The van der Waals surface area contributed by atoms with E-state index in [0.29, 0.717) is 6.29 Å². The second-order valence-corrected chi connectivity index (χ2v) is 4.52. The first-order valence-corrected chi connectivity index (χ1v) is 6.43. The van der Waals surface area contributed by atoms with Crippen LogP contribution in [0.4, 0.5) is 11.4 Å². The van der Waals surface area contributed by atoms with E-state index < -0.39 is 4.92 Å². The molecule has 6 heteroatoms. The number of anilines is 1. The standard InChI is InChI=1S/C11H14N2O3S/c1-12(5-6-17-2)10-3-4-11(13(15)16)9(7-10)8-14/h3-4,7-8H,5-6H2,1-2H3. The molecule has 0 aliphatic rings. The highest BCUT2D eigenvalue weighted by atomic mass is 32.2. The van der Waals surface area contributed by atoms with Crippen LogP contribution in [0.15, 0.2) is 18.2 Å². The first-order chi connectivity index (χ1) is 8.10. The zero-order chi connectivity index (χ0) is 12.8. The lowest BCUT2D eigenvalue weighted by molar-refractivity contribution is -0.385. The van der Waals surface area contributed by atoms with Gasteiger partial charge in [-0.25, -0.2) is 0 Å². The van der Waals surface area contributed by atoms with Gasteiger partial charge in [-0.3, -0.25) is 14.9 Å². The van der Waals surface area contributed by atoms with E-state index in [9.17, 15) is 14.9 Å². The minimum Gasteiger partial charge on any atom is -0.374 e. The van der Waals surface area contributed by atoms with E-state index in [1.165, 1.54) is 6.07 Å². The van der Waals surface area contributed by atoms with E-state index in [1.54, 1.807) is 23.9 Å². The molecule has 92 valence electrons. The van der Waals surface area contributed by atoms with Gasteiger partial charge in [-0.1, -0.05) is 0 Å². The molecule has 0 radical (unpaired) electrons. The molecule has 1 aromatic carbocycles. The number of aldehydes is 1. The molecule has 0 saturated carbocycles.